The SMILES string of the molecule is CC(C)Sc1ccc(C(=O)NCc2cccc(Cn3cncn3)c2)cc1. The molecule has 3 rings (SSSR count). The maximum atomic E-state index is 12.4. The van der Waals surface area contributed by atoms with Gasteiger partial charge in [-0.05, 0) is 35.4 Å². The van der Waals surface area contributed by atoms with Gasteiger partial charge in [0, 0.05) is 22.3 Å². The highest BCUT2D eigenvalue weighted by Gasteiger charge is 2.07. The van der Waals surface area contributed by atoms with Crippen molar-refractivity contribution in [2.75, 3.05) is 0 Å². The monoisotopic (exact) mass is 366 g/mol. The van der Waals surface area contributed by atoms with Crippen molar-refractivity contribution in [3.05, 3.63) is 77.9 Å². The molecular formula is C20H22N4OS. The molecule has 5 nitrogen and oxygen atoms in total. The van der Waals surface area contributed by atoms with Gasteiger partial charge in [-0.15, -0.1) is 11.8 Å². The number of carbonyl (C=O) groups is 1. The number of amides is 1. The van der Waals surface area contributed by atoms with Crippen molar-refractivity contribution in [3.8, 4) is 0 Å². The van der Waals surface area contributed by atoms with E-state index in [0.29, 0.717) is 23.9 Å². The highest BCUT2D eigenvalue weighted by molar-refractivity contribution is 7.99. The maximum Gasteiger partial charge on any atom is 0.251 e. The number of hydrogen-bond donors (Lipinski definition) is 1. The van der Waals surface area contributed by atoms with Gasteiger partial charge in [0.15, 0.2) is 0 Å². The summed E-state index contributed by atoms with van der Waals surface area (Å²) in [7, 11) is 0. The van der Waals surface area contributed by atoms with Crippen molar-refractivity contribution >= 4 is 17.7 Å². The van der Waals surface area contributed by atoms with Crippen LogP contribution in [0.4, 0.5) is 0 Å². The molecule has 1 N–H and O–H groups in total. The van der Waals surface area contributed by atoms with Crippen molar-refractivity contribution in [2.45, 2.75) is 37.1 Å². The van der Waals surface area contributed by atoms with Crippen LogP contribution in [0, 0.1) is 0 Å². The van der Waals surface area contributed by atoms with Crippen molar-refractivity contribution in [1.82, 2.24) is 20.1 Å². The van der Waals surface area contributed by atoms with Gasteiger partial charge in [-0.2, -0.15) is 5.10 Å². The van der Waals surface area contributed by atoms with Crippen molar-refractivity contribution in [1.29, 1.82) is 0 Å². The zero-order valence-electron chi connectivity index (χ0n) is 14.9. The zero-order valence-corrected chi connectivity index (χ0v) is 15.7. The van der Waals surface area contributed by atoms with Gasteiger partial charge in [-0.1, -0.05) is 38.1 Å². The molecule has 0 unspecified atom stereocenters. The number of thioether (sulfide) groups is 1. The van der Waals surface area contributed by atoms with E-state index in [1.165, 1.54) is 11.2 Å². The van der Waals surface area contributed by atoms with Crippen LogP contribution in [0.5, 0.6) is 0 Å². The summed E-state index contributed by atoms with van der Waals surface area (Å²) in [4.78, 5) is 17.5. The first-order valence-corrected chi connectivity index (χ1v) is 9.43. The molecule has 6 heteroatoms. The quantitative estimate of drug-likeness (QED) is 0.647. The summed E-state index contributed by atoms with van der Waals surface area (Å²) in [6.45, 7) is 5.47. The first-order valence-electron chi connectivity index (χ1n) is 8.55. The minimum Gasteiger partial charge on any atom is -0.348 e. The first kappa shape index (κ1) is 18.2. The smallest absolute Gasteiger partial charge is 0.251 e. The summed E-state index contributed by atoms with van der Waals surface area (Å²) in [6, 6.07) is 15.9. The summed E-state index contributed by atoms with van der Waals surface area (Å²) in [5.74, 6) is -0.0622. The average Bonchev–Trinajstić information content (AvgIpc) is 3.13. The summed E-state index contributed by atoms with van der Waals surface area (Å²) in [5, 5.41) is 7.62. The number of benzene rings is 2. The Labute approximate surface area is 157 Å². The lowest BCUT2D eigenvalue weighted by Gasteiger charge is -2.09. The zero-order chi connectivity index (χ0) is 18.4. The van der Waals surface area contributed by atoms with Crippen molar-refractivity contribution in [2.24, 2.45) is 0 Å². The van der Waals surface area contributed by atoms with Crippen LogP contribution in [0.1, 0.15) is 35.3 Å². The number of nitrogens with zero attached hydrogens (tertiary/aromatic N) is 3. The number of hydrogen-bond acceptors (Lipinski definition) is 4. The van der Waals surface area contributed by atoms with Gasteiger partial charge in [0.1, 0.15) is 12.7 Å². The Morgan fingerprint density at radius 2 is 1.92 bits per heavy atom. The van der Waals surface area contributed by atoms with E-state index in [1.54, 1.807) is 22.8 Å². The van der Waals surface area contributed by atoms with Gasteiger partial charge in [0.25, 0.3) is 5.91 Å². The van der Waals surface area contributed by atoms with Gasteiger partial charge >= 0.3 is 0 Å². The van der Waals surface area contributed by atoms with E-state index >= 15 is 0 Å². The van der Waals surface area contributed by atoms with Crippen LogP contribution in [-0.2, 0) is 13.1 Å². The van der Waals surface area contributed by atoms with Gasteiger partial charge in [-0.3, -0.25) is 4.79 Å². The van der Waals surface area contributed by atoms with Crippen LogP contribution >= 0.6 is 11.8 Å². The second-order valence-electron chi connectivity index (χ2n) is 6.29. The second-order valence-corrected chi connectivity index (χ2v) is 7.94. The molecule has 0 aliphatic heterocycles. The number of aromatic nitrogens is 3. The normalized spacial score (nSPS) is 10.9. The molecular weight excluding hydrogens is 344 g/mol. The molecule has 0 aliphatic rings. The van der Waals surface area contributed by atoms with E-state index in [-0.39, 0.29) is 5.91 Å². The van der Waals surface area contributed by atoms with E-state index in [4.69, 9.17) is 0 Å². The highest BCUT2D eigenvalue weighted by Crippen LogP contribution is 2.22. The van der Waals surface area contributed by atoms with E-state index in [0.717, 1.165) is 11.1 Å². The molecule has 0 saturated heterocycles. The maximum absolute atomic E-state index is 12.4. The predicted octanol–water partition coefficient (Wildman–Crippen LogP) is 3.76. The minimum atomic E-state index is -0.0622. The lowest BCUT2D eigenvalue weighted by atomic mass is 10.1. The molecule has 26 heavy (non-hydrogen) atoms. The Morgan fingerprint density at radius 3 is 2.62 bits per heavy atom. The summed E-state index contributed by atoms with van der Waals surface area (Å²) in [5.41, 5.74) is 2.86. The van der Waals surface area contributed by atoms with E-state index in [2.05, 4.69) is 35.3 Å². The molecule has 0 fully saturated rings. The fourth-order valence-electron chi connectivity index (χ4n) is 2.58. The Kier molecular flexibility index (Phi) is 6.07. The minimum absolute atomic E-state index is 0.0622. The Balaban J connectivity index is 1.57. The Morgan fingerprint density at radius 1 is 1.15 bits per heavy atom. The molecule has 1 aromatic heterocycles. The summed E-state index contributed by atoms with van der Waals surface area (Å²) < 4.78 is 1.77. The van der Waals surface area contributed by atoms with E-state index in [1.807, 2.05) is 42.5 Å². The lowest BCUT2D eigenvalue weighted by molar-refractivity contribution is 0.0951. The molecule has 1 amide bonds. The Hall–Kier alpha value is -2.60. The molecule has 1 heterocycles. The van der Waals surface area contributed by atoms with Gasteiger partial charge in [-0.25, -0.2) is 9.67 Å². The third kappa shape index (κ3) is 5.20. The van der Waals surface area contributed by atoms with E-state index < -0.39 is 0 Å². The van der Waals surface area contributed by atoms with Crippen molar-refractivity contribution < 1.29 is 4.79 Å². The lowest BCUT2D eigenvalue weighted by Crippen LogP contribution is -2.22. The van der Waals surface area contributed by atoms with Crippen LogP contribution in [-0.4, -0.2) is 25.9 Å². The topological polar surface area (TPSA) is 59.8 Å². The first-order chi connectivity index (χ1) is 12.6. The largest absolute Gasteiger partial charge is 0.348 e. The molecule has 0 aliphatic carbocycles. The summed E-state index contributed by atoms with van der Waals surface area (Å²) >= 11 is 1.79. The molecule has 0 radical (unpaired) electrons. The van der Waals surface area contributed by atoms with Gasteiger partial charge < -0.3 is 5.32 Å². The Bertz CT molecular complexity index is 845. The van der Waals surface area contributed by atoms with Crippen LogP contribution in [0.3, 0.4) is 0 Å². The van der Waals surface area contributed by atoms with Gasteiger partial charge in [0.05, 0.1) is 6.54 Å². The summed E-state index contributed by atoms with van der Waals surface area (Å²) in [6.07, 6.45) is 3.21. The molecule has 0 bridgehead atoms. The van der Waals surface area contributed by atoms with Crippen LogP contribution in [0.25, 0.3) is 0 Å². The van der Waals surface area contributed by atoms with Gasteiger partial charge in [0.2, 0.25) is 0 Å². The molecule has 0 saturated carbocycles. The number of carbonyl (C=O) groups excluding carboxylic acids is 1. The van der Waals surface area contributed by atoms with Crippen molar-refractivity contribution in [3.63, 3.8) is 0 Å². The fourth-order valence-corrected chi connectivity index (χ4v) is 3.42. The molecule has 3 aromatic rings. The van der Waals surface area contributed by atoms with Crippen LogP contribution in [0.15, 0.2) is 66.1 Å². The standard InChI is InChI=1S/C20H22N4OS/c1-15(2)26-19-8-6-18(7-9-19)20(25)22-11-16-4-3-5-17(10-16)12-24-14-21-13-23-24/h3-10,13-15H,11-12H2,1-2H3,(H,22,25). The third-order valence-electron chi connectivity index (χ3n) is 3.74. The van der Waals surface area contributed by atoms with Crippen LogP contribution in [0.2, 0.25) is 0 Å². The fraction of sp³-hybridized carbons (Fsp3) is 0.250. The number of nitrogens with one attached hydrogen (secondary N) is 1. The van der Waals surface area contributed by atoms with E-state index in [9.17, 15) is 4.79 Å². The highest BCUT2D eigenvalue weighted by atomic mass is 32.2. The second kappa shape index (κ2) is 8.67. The third-order valence-corrected chi connectivity index (χ3v) is 4.76. The van der Waals surface area contributed by atoms with Crippen LogP contribution < -0.4 is 5.32 Å². The molecule has 2 aromatic carbocycles. The predicted molar refractivity (Wildman–Crippen MR) is 104 cm³/mol. The molecule has 0 spiro atoms. The molecule has 134 valence electrons. The molecule has 0 atom stereocenters. The average molecular weight is 366 g/mol. The number of rotatable bonds is 7.